The topological polar surface area (TPSA) is 61.8 Å². The third-order valence-corrected chi connectivity index (χ3v) is 2.14. The summed E-state index contributed by atoms with van der Waals surface area (Å²) in [6.07, 6.45) is 4.61. The Morgan fingerprint density at radius 2 is 2.33 bits per heavy atom. The van der Waals surface area contributed by atoms with Gasteiger partial charge in [-0.25, -0.2) is 0 Å². The lowest BCUT2D eigenvalue weighted by molar-refractivity contribution is 0.294. The minimum absolute atomic E-state index is 0.269. The molecule has 0 aliphatic heterocycles. The molecule has 4 nitrogen and oxygen atoms in total. The summed E-state index contributed by atoms with van der Waals surface area (Å²) in [6, 6.07) is 0.535. The van der Waals surface area contributed by atoms with Gasteiger partial charge in [-0.2, -0.15) is 0 Å². The third kappa shape index (κ3) is 2.29. The van der Waals surface area contributed by atoms with E-state index in [0.29, 0.717) is 6.04 Å². The number of unbranched alkanes of at least 4 members (excludes halogenated alkanes) is 1. The van der Waals surface area contributed by atoms with E-state index in [1.165, 1.54) is 12.8 Å². The third-order valence-electron chi connectivity index (χ3n) is 2.14. The molecule has 0 bridgehead atoms. The molecule has 0 unspecified atom stereocenters. The highest BCUT2D eigenvalue weighted by Gasteiger charge is 2.29. The van der Waals surface area contributed by atoms with Gasteiger partial charge in [0.05, 0.1) is 0 Å². The number of hydrogen-bond donors (Lipinski definition) is 2. The molecular formula is C8H17N3O. The zero-order valence-electron chi connectivity index (χ0n) is 7.53. The van der Waals surface area contributed by atoms with E-state index in [0.717, 1.165) is 19.4 Å². The molecule has 1 fully saturated rings. The highest BCUT2D eigenvalue weighted by Crippen LogP contribution is 2.26. The smallest absolute Gasteiger partial charge is 0.233 e. The average Bonchev–Trinajstić information content (AvgIpc) is 2.88. The summed E-state index contributed by atoms with van der Waals surface area (Å²) < 4.78 is 0. The van der Waals surface area contributed by atoms with Gasteiger partial charge in [0.25, 0.3) is 0 Å². The molecule has 0 radical (unpaired) electrons. The van der Waals surface area contributed by atoms with E-state index in [1.54, 1.807) is 0 Å². The summed E-state index contributed by atoms with van der Waals surface area (Å²) in [4.78, 5) is 1.99. The molecule has 12 heavy (non-hydrogen) atoms. The molecule has 0 saturated heterocycles. The molecule has 1 aliphatic rings. The van der Waals surface area contributed by atoms with Crippen LogP contribution in [-0.4, -0.2) is 28.7 Å². The van der Waals surface area contributed by atoms with Crippen molar-refractivity contribution in [3.05, 3.63) is 0 Å². The molecule has 0 aromatic rings. The van der Waals surface area contributed by atoms with E-state index in [-0.39, 0.29) is 5.96 Å². The van der Waals surface area contributed by atoms with Gasteiger partial charge in [-0.3, -0.25) is 0 Å². The van der Waals surface area contributed by atoms with Gasteiger partial charge in [-0.15, -0.1) is 0 Å². The van der Waals surface area contributed by atoms with Crippen LogP contribution in [0.2, 0.25) is 0 Å². The van der Waals surface area contributed by atoms with E-state index in [1.807, 2.05) is 4.90 Å². The van der Waals surface area contributed by atoms with Crippen LogP contribution in [0.15, 0.2) is 5.16 Å². The van der Waals surface area contributed by atoms with Crippen LogP contribution in [0.1, 0.15) is 32.6 Å². The molecule has 1 rings (SSSR count). The van der Waals surface area contributed by atoms with Crippen LogP contribution >= 0.6 is 0 Å². The number of oxime groups is 1. The molecule has 4 heteroatoms. The maximum absolute atomic E-state index is 8.50. The van der Waals surface area contributed by atoms with Gasteiger partial charge < -0.3 is 15.8 Å². The van der Waals surface area contributed by atoms with Crippen molar-refractivity contribution in [2.24, 2.45) is 10.9 Å². The average molecular weight is 171 g/mol. The van der Waals surface area contributed by atoms with E-state index in [2.05, 4.69) is 12.1 Å². The van der Waals surface area contributed by atoms with Crippen molar-refractivity contribution in [1.82, 2.24) is 4.90 Å². The second kappa shape index (κ2) is 4.18. The zero-order valence-corrected chi connectivity index (χ0v) is 7.53. The Bertz CT molecular complexity index is 166. The van der Waals surface area contributed by atoms with Crippen molar-refractivity contribution in [3.8, 4) is 0 Å². The van der Waals surface area contributed by atoms with Gasteiger partial charge in [-0.05, 0) is 19.3 Å². The normalized spacial score (nSPS) is 17.9. The number of nitrogens with zero attached hydrogens (tertiary/aromatic N) is 2. The Kier molecular flexibility index (Phi) is 3.19. The van der Waals surface area contributed by atoms with E-state index < -0.39 is 0 Å². The molecule has 0 aromatic heterocycles. The number of guanidine groups is 1. The molecule has 0 heterocycles. The molecule has 1 saturated carbocycles. The lowest BCUT2D eigenvalue weighted by atomic mass is 10.3. The highest BCUT2D eigenvalue weighted by atomic mass is 16.4. The van der Waals surface area contributed by atoms with Crippen LogP contribution in [0.25, 0.3) is 0 Å². The SMILES string of the molecule is CCCCN(C(N)=NO)C1CC1. The first-order valence-corrected chi connectivity index (χ1v) is 4.53. The molecule has 70 valence electrons. The second-order valence-corrected chi connectivity index (χ2v) is 3.24. The Hall–Kier alpha value is -0.930. The fraction of sp³-hybridized carbons (Fsp3) is 0.875. The van der Waals surface area contributed by atoms with Gasteiger partial charge in [0, 0.05) is 12.6 Å². The van der Waals surface area contributed by atoms with Crippen LogP contribution in [0.3, 0.4) is 0 Å². The standard InChI is InChI=1S/C8H17N3O/c1-2-3-6-11(7-4-5-7)8(9)10-12/h7,12H,2-6H2,1H3,(H2,9,10). The fourth-order valence-corrected chi connectivity index (χ4v) is 1.26. The van der Waals surface area contributed by atoms with E-state index >= 15 is 0 Å². The lowest BCUT2D eigenvalue weighted by Gasteiger charge is -2.21. The molecule has 1 aliphatic carbocycles. The first-order valence-electron chi connectivity index (χ1n) is 4.53. The Balaban J connectivity index is 2.37. The largest absolute Gasteiger partial charge is 0.408 e. The highest BCUT2D eigenvalue weighted by molar-refractivity contribution is 5.78. The molecule has 0 amide bonds. The maximum atomic E-state index is 8.50. The minimum Gasteiger partial charge on any atom is -0.408 e. The van der Waals surface area contributed by atoms with Crippen molar-refractivity contribution in [2.75, 3.05) is 6.54 Å². The van der Waals surface area contributed by atoms with Crippen LogP contribution in [0, 0.1) is 0 Å². The maximum Gasteiger partial charge on any atom is 0.233 e. The quantitative estimate of drug-likeness (QED) is 0.286. The van der Waals surface area contributed by atoms with Gasteiger partial charge in [0.15, 0.2) is 0 Å². The Morgan fingerprint density at radius 3 is 2.75 bits per heavy atom. The molecule has 0 spiro atoms. The first-order chi connectivity index (χ1) is 5.79. The lowest BCUT2D eigenvalue weighted by Crippen LogP contribution is -2.39. The summed E-state index contributed by atoms with van der Waals surface area (Å²) >= 11 is 0. The fourth-order valence-electron chi connectivity index (χ4n) is 1.26. The van der Waals surface area contributed by atoms with Gasteiger partial charge >= 0.3 is 0 Å². The van der Waals surface area contributed by atoms with Gasteiger partial charge in [0.2, 0.25) is 5.96 Å². The van der Waals surface area contributed by atoms with Crippen molar-refractivity contribution >= 4 is 5.96 Å². The minimum atomic E-state index is 0.269. The van der Waals surface area contributed by atoms with Crippen LogP contribution in [0.5, 0.6) is 0 Å². The molecular weight excluding hydrogens is 154 g/mol. The van der Waals surface area contributed by atoms with Crippen LogP contribution in [-0.2, 0) is 0 Å². The van der Waals surface area contributed by atoms with Crippen molar-refractivity contribution in [3.63, 3.8) is 0 Å². The summed E-state index contributed by atoms with van der Waals surface area (Å²) in [7, 11) is 0. The number of rotatable bonds is 4. The van der Waals surface area contributed by atoms with Gasteiger partial charge in [-0.1, -0.05) is 18.5 Å². The Labute approximate surface area is 73.0 Å². The van der Waals surface area contributed by atoms with Crippen molar-refractivity contribution < 1.29 is 5.21 Å². The summed E-state index contributed by atoms with van der Waals surface area (Å²) in [5, 5.41) is 11.5. The summed E-state index contributed by atoms with van der Waals surface area (Å²) in [5.41, 5.74) is 5.52. The number of hydrogen-bond acceptors (Lipinski definition) is 2. The van der Waals surface area contributed by atoms with Crippen molar-refractivity contribution in [1.29, 1.82) is 0 Å². The Morgan fingerprint density at radius 1 is 1.67 bits per heavy atom. The molecule has 3 N–H and O–H groups in total. The number of nitrogens with two attached hydrogens (primary N) is 1. The predicted octanol–water partition coefficient (Wildman–Crippen LogP) is 0.955. The van der Waals surface area contributed by atoms with E-state index in [9.17, 15) is 0 Å². The van der Waals surface area contributed by atoms with Gasteiger partial charge in [0.1, 0.15) is 0 Å². The second-order valence-electron chi connectivity index (χ2n) is 3.24. The summed E-state index contributed by atoms with van der Waals surface area (Å²) in [5.74, 6) is 0.269. The molecule has 0 aromatic carbocycles. The summed E-state index contributed by atoms with van der Waals surface area (Å²) in [6.45, 7) is 3.05. The first kappa shape index (κ1) is 9.16. The monoisotopic (exact) mass is 171 g/mol. The van der Waals surface area contributed by atoms with Crippen molar-refractivity contribution in [2.45, 2.75) is 38.6 Å². The van der Waals surface area contributed by atoms with Crippen LogP contribution in [0.4, 0.5) is 0 Å². The van der Waals surface area contributed by atoms with E-state index in [4.69, 9.17) is 10.9 Å². The molecule has 0 atom stereocenters. The zero-order chi connectivity index (χ0) is 8.97. The predicted molar refractivity (Wildman–Crippen MR) is 48.0 cm³/mol. The van der Waals surface area contributed by atoms with Crippen LogP contribution < -0.4 is 5.73 Å².